The quantitative estimate of drug-likeness (QED) is 0.850. The molecule has 0 spiro atoms. The molecule has 0 aliphatic carbocycles. The molecule has 0 fully saturated rings. The molecule has 0 saturated heterocycles. The lowest BCUT2D eigenvalue weighted by atomic mass is 10.1. The first-order valence-corrected chi connectivity index (χ1v) is 5.82. The maximum Gasteiger partial charge on any atom is 0.273 e. The van der Waals surface area contributed by atoms with E-state index in [1.165, 1.54) is 13.1 Å². The van der Waals surface area contributed by atoms with Gasteiger partial charge in [0.1, 0.15) is 11.5 Å². The number of carbonyl (C=O) groups excluding carboxylic acids is 1. The minimum atomic E-state index is -0.280. The van der Waals surface area contributed by atoms with Crippen molar-refractivity contribution in [1.82, 2.24) is 9.97 Å². The normalized spacial score (nSPS) is 10.8. The summed E-state index contributed by atoms with van der Waals surface area (Å²) in [6.07, 6.45) is 6.65. The molecule has 2 rings (SSSR count). The lowest BCUT2D eigenvalue weighted by Gasteiger charge is -2.01. The maximum absolute atomic E-state index is 11.6. The van der Waals surface area contributed by atoms with Crippen LogP contribution in [0.4, 0.5) is 5.69 Å². The third-order valence-electron chi connectivity index (χ3n) is 2.51. The van der Waals surface area contributed by atoms with Crippen molar-refractivity contribution in [2.75, 3.05) is 0 Å². The van der Waals surface area contributed by atoms with Crippen LogP contribution in [0.2, 0.25) is 0 Å². The summed E-state index contributed by atoms with van der Waals surface area (Å²) in [5.74, 6) is 0.00506. The molecule has 2 aromatic rings. The molecule has 5 heteroatoms. The summed E-state index contributed by atoms with van der Waals surface area (Å²) in [6.45, 7) is 1.48. The van der Waals surface area contributed by atoms with Gasteiger partial charge in [0.15, 0.2) is 0 Å². The number of rotatable bonds is 4. The van der Waals surface area contributed by atoms with E-state index < -0.39 is 0 Å². The Morgan fingerprint density at radius 2 is 2.11 bits per heavy atom. The molecule has 96 valence electrons. The fraction of sp³-hybridized carbons (Fsp3) is 0.143. The van der Waals surface area contributed by atoms with Gasteiger partial charge in [-0.15, -0.1) is 0 Å². The van der Waals surface area contributed by atoms with Crippen molar-refractivity contribution in [2.24, 2.45) is 4.99 Å². The van der Waals surface area contributed by atoms with Crippen molar-refractivity contribution in [3.63, 3.8) is 0 Å². The van der Waals surface area contributed by atoms with E-state index in [4.69, 9.17) is 0 Å². The second-order valence-corrected chi connectivity index (χ2v) is 4.06. The molecule has 0 radical (unpaired) electrons. The van der Waals surface area contributed by atoms with E-state index in [2.05, 4.69) is 15.0 Å². The Balaban J connectivity index is 2.33. The first kappa shape index (κ1) is 12.9. The summed E-state index contributed by atoms with van der Waals surface area (Å²) >= 11 is 0. The molecule has 2 aromatic heterocycles. The van der Waals surface area contributed by atoms with Crippen LogP contribution in [0.15, 0.2) is 46.6 Å². The monoisotopic (exact) mass is 255 g/mol. The second-order valence-electron chi connectivity index (χ2n) is 4.06. The number of Topliss-reactive ketones (excluding diaryl/α,β-unsaturated/α-hetero) is 1. The SMILES string of the molecule is CC(=O)CC=Nc1cc(-c2ccncc2)c[nH]c1=O. The number of H-pyrrole nitrogens is 1. The van der Waals surface area contributed by atoms with Gasteiger partial charge in [-0.05, 0) is 30.7 Å². The van der Waals surface area contributed by atoms with Gasteiger partial charge in [0, 0.05) is 36.8 Å². The molecule has 0 amide bonds. The highest BCUT2D eigenvalue weighted by molar-refractivity contribution is 5.90. The summed E-state index contributed by atoms with van der Waals surface area (Å²) in [4.78, 5) is 33.0. The van der Waals surface area contributed by atoms with Gasteiger partial charge >= 0.3 is 0 Å². The Labute approximate surface area is 110 Å². The minimum Gasteiger partial charge on any atom is -0.327 e. The van der Waals surface area contributed by atoms with Crippen molar-refractivity contribution in [1.29, 1.82) is 0 Å². The van der Waals surface area contributed by atoms with Crippen LogP contribution in [-0.4, -0.2) is 22.0 Å². The van der Waals surface area contributed by atoms with E-state index >= 15 is 0 Å². The van der Waals surface area contributed by atoms with Gasteiger partial charge < -0.3 is 4.98 Å². The maximum atomic E-state index is 11.6. The number of aliphatic imine (C=N–C) groups is 1. The molecule has 1 N–H and O–H groups in total. The summed E-state index contributed by atoms with van der Waals surface area (Å²) in [7, 11) is 0. The third kappa shape index (κ3) is 3.45. The number of nitrogens with zero attached hydrogens (tertiary/aromatic N) is 2. The van der Waals surface area contributed by atoms with Crippen molar-refractivity contribution >= 4 is 17.7 Å². The van der Waals surface area contributed by atoms with E-state index in [1.807, 2.05) is 12.1 Å². The molecule has 19 heavy (non-hydrogen) atoms. The Kier molecular flexibility index (Phi) is 3.97. The molecule has 0 aromatic carbocycles. The van der Waals surface area contributed by atoms with Gasteiger partial charge in [0.25, 0.3) is 5.56 Å². The van der Waals surface area contributed by atoms with E-state index in [-0.39, 0.29) is 23.5 Å². The zero-order chi connectivity index (χ0) is 13.7. The number of hydrogen-bond acceptors (Lipinski definition) is 4. The van der Waals surface area contributed by atoms with Crippen molar-refractivity contribution in [2.45, 2.75) is 13.3 Å². The van der Waals surface area contributed by atoms with Crippen LogP contribution >= 0.6 is 0 Å². The zero-order valence-corrected chi connectivity index (χ0v) is 10.5. The fourth-order valence-electron chi connectivity index (χ4n) is 1.55. The van der Waals surface area contributed by atoms with Crippen LogP contribution in [0.1, 0.15) is 13.3 Å². The van der Waals surface area contributed by atoms with E-state index in [0.717, 1.165) is 11.1 Å². The third-order valence-corrected chi connectivity index (χ3v) is 2.51. The van der Waals surface area contributed by atoms with Gasteiger partial charge in [-0.2, -0.15) is 0 Å². The van der Waals surface area contributed by atoms with Crippen LogP contribution < -0.4 is 5.56 Å². The minimum absolute atomic E-state index is 0.00506. The van der Waals surface area contributed by atoms with Gasteiger partial charge in [-0.25, -0.2) is 0 Å². The first-order valence-electron chi connectivity index (χ1n) is 5.82. The molecule has 0 aliphatic heterocycles. The molecule has 0 atom stereocenters. The average Bonchev–Trinajstić information content (AvgIpc) is 2.41. The lowest BCUT2D eigenvalue weighted by Crippen LogP contribution is -2.04. The van der Waals surface area contributed by atoms with E-state index in [0.29, 0.717) is 0 Å². The second kappa shape index (κ2) is 5.86. The van der Waals surface area contributed by atoms with Crippen LogP contribution in [0, 0.1) is 0 Å². The van der Waals surface area contributed by atoms with Gasteiger partial charge in [-0.3, -0.25) is 19.6 Å². The molecule has 0 bridgehead atoms. The number of aromatic amines is 1. The smallest absolute Gasteiger partial charge is 0.273 e. The number of ketones is 1. The topological polar surface area (TPSA) is 75.2 Å². The van der Waals surface area contributed by atoms with E-state index in [1.54, 1.807) is 24.7 Å². The zero-order valence-electron chi connectivity index (χ0n) is 10.5. The van der Waals surface area contributed by atoms with Crippen LogP contribution in [0.25, 0.3) is 11.1 Å². The molecule has 0 aliphatic rings. The van der Waals surface area contributed by atoms with Crippen molar-refractivity contribution in [3.05, 3.63) is 47.1 Å². The number of carbonyl (C=O) groups is 1. The summed E-state index contributed by atoms with van der Waals surface area (Å²) in [6, 6.07) is 5.37. The molecular weight excluding hydrogens is 242 g/mol. The Morgan fingerprint density at radius 3 is 2.79 bits per heavy atom. The van der Waals surface area contributed by atoms with Crippen LogP contribution in [0.5, 0.6) is 0 Å². The lowest BCUT2D eigenvalue weighted by molar-refractivity contribution is -0.115. The average molecular weight is 255 g/mol. The predicted octanol–water partition coefficient (Wildman–Crippen LogP) is 2.12. The largest absolute Gasteiger partial charge is 0.327 e. The highest BCUT2D eigenvalue weighted by atomic mass is 16.1. The standard InChI is InChI=1S/C14H13N3O2/c1-10(18)2-7-16-13-8-12(9-17-14(13)19)11-3-5-15-6-4-11/h3-9H,2H2,1H3,(H,17,19). The molecule has 2 heterocycles. The van der Waals surface area contributed by atoms with Crippen molar-refractivity contribution < 1.29 is 4.79 Å². The van der Waals surface area contributed by atoms with Gasteiger partial charge in [0.2, 0.25) is 0 Å². The van der Waals surface area contributed by atoms with Crippen LogP contribution in [0.3, 0.4) is 0 Å². The first-order chi connectivity index (χ1) is 9.16. The van der Waals surface area contributed by atoms with E-state index in [9.17, 15) is 9.59 Å². The van der Waals surface area contributed by atoms with Gasteiger partial charge in [0.05, 0.1) is 0 Å². The summed E-state index contributed by atoms with van der Waals surface area (Å²) in [5, 5.41) is 0. The summed E-state index contributed by atoms with van der Waals surface area (Å²) in [5.41, 5.74) is 1.79. The molecule has 0 saturated carbocycles. The van der Waals surface area contributed by atoms with Crippen LogP contribution in [-0.2, 0) is 4.79 Å². The summed E-state index contributed by atoms with van der Waals surface area (Å²) < 4.78 is 0. The Hall–Kier alpha value is -2.56. The molecular formula is C14H13N3O2. The Bertz CT molecular complexity index is 660. The molecule has 5 nitrogen and oxygen atoms in total. The molecule has 0 unspecified atom stereocenters. The number of aromatic nitrogens is 2. The number of pyridine rings is 2. The van der Waals surface area contributed by atoms with Gasteiger partial charge in [-0.1, -0.05) is 0 Å². The number of nitrogens with one attached hydrogen (secondary N) is 1. The Morgan fingerprint density at radius 1 is 1.37 bits per heavy atom. The highest BCUT2D eigenvalue weighted by Gasteiger charge is 2.02. The number of hydrogen-bond donors (Lipinski definition) is 1. The fourth-order valence-corrected chi connectivity index (χ4v) is 1.55. The predicted molar refractivity (Wildman–Crippen MR) is 73.7 cm³/mol. The highest BCUT2D eigenvalue weighted by Crippen LogP contribution is 2.19. The van der Waals surface area contributed by atoms with Crippen molar-refractivity contribution in [3.8, 4) is 11.1 Å².